The Labute approximate surface area is 112 Å². The summed E-state index contributed by atoms with van der Waals surface area (Å²) in [4.78, 5) is 23.3. The first kappa shape index (κ1) is 13.6. The van der Waals surface area contributed by atoms with Crippen LogP contribution in [0.15, 0.2) is 30.3 Å². The third-order valence-corrected chi connectivity index (χ3v) is 3.85. The smallest absolute Gasteiger partial charge is 0.310 e. The van der Waals surface area contributed by atoms with Crippen molar-refractivity contribution in [2.45, 2.75) is 38.6 Å². The van der Waals surface area contributed by atoms with Crippen LogP contribution in [0.1, 0.15) is 37.7 Å². The summed E-state index contributed by atoms with van der Waals surface area (Å²) in [5.41, 5.74) is 0.187. The number of carbonyl (C=O) groups excluding carboxylic acids is 1. The van der Waals surface area contributed by atoms with Gasteiger partial charge in [-0.15, -0.1) is 0 Å². The number of carbonyl (C=O) groups is 2. The number of carboxylic acids is 1. The molecule has 1 aliphatic rings. The highest BCUT2D eigenvalue weighted by molar-refractivity contribution is 5.85. The third kappa shape index (κ3) is 3.34. The summed E-state index contributed by atoms with van der Waals surface area (Å²) in [6, 6.07) is 9.61. The second kappa shape index (κ2) is 5.87. The molecule has 1 aliphatic carbocycles. The van der Waals surface area contributed by atoms with Crippen LogP contribution in [0.4, 0.5) is 0 Å². The molecule has 2 N–H and O–H groups in total. The number of hydrogen-bond donors (Lipinski definition) is 2. The van der Waals surface area contributed by atoms with E-state index in [2.05, 4.69) is 5.32 Å². The van der Waals surface area contributed by atoms with E-state index in [1.807, 2.05) is 30.3 Å². The van der Waals surface area contributed by atoms with Crippen molar-refractivity contribution in [1.29, 1.82) is 0 Å². The molecule has 0 atom stereocenters. The Morgan fingerprint density at radius 1 is 1.16 bits per heavy atom. The van der Waals surface area contributed by atoms with Crippen molar-refractivity contribution in [3.8, 4) is 0 Å². The average Bonchev–Trinajstić information content (AvgIpc) is 2.87. The van der Waals surface area contributed by atoms with Crippen molar-refractivity contribution in [2.75, 3.05) is 0 Å². The molecule has 0 radical (unpaired) electrons. The van der Waals surface area contributed by atoms with Crippen molar-refractivity contribution < 1.29 is 14.7 Å². The zero-order valence-electron chi connectivity index (χ0n) is 10.9. The first-order chi connectivity index (χ1) is 9.12. The van der Waals surface area contributed by atoms with Crippen LogP contribution in [0.5, 0.6) is 0 Å². The lowest BCUT2D eigenvalue weighted by atomic mass is 9.82. The second-order valence-corrected chi connectivity index (χ2v) is 5.23. The quantitative estimate of drug-likeness (QED) is 0.855. The lowest BCUT2D eigenvalue weighted by molar-refractivity contribution is -0.151. The third-order valence-electron chi connectivity index (χ3n) is 3.85. The number of benzene rings is 1. The van der Waals surface area contributed by atoms with Gasteiger partial charge < -0.3 is 10.4 Å². The number of nitrogens with one attached hydrogen (secondary N) is 1. The van der Waals surface area contributed by atoms with Crippen LogP contribution < -0.4 is 5.32 Å². The summed E-state index contributed by atoms with van der Waals surface area (Å²) in [5, 5.41) is 12.1. The summed E-state index contributed by atoms with van der Waals surface area (Å²) in [6.07, 6.45) is 3.12. The Morgan fingerprint density at radius 2 is 1.79 bits per heavy atom. The van der Waals surface area contributed by atoms with Gasteiger partial charge in [0.15, 0.2) is 0 Å². The molecule has 0 spiro atoms. The molecule has 19 heavy (non-hydrogen) atoms. The van der Waals surface area contributed by atoms with Gasteiger partial charge in [-0.25, -0.2) is 0 Å². The summed E-state index contributed by atoms with van der Waals surface area (Å²) < 4.78 is 0. The summed E-state index contributed by atoms with van der Waals surface area (Å²) in [7, 11) is 0. The van der Waals surface area contributed by atoms with Crippen molar-refractivity contribution in [3.63, 3.8) is 0 Å². The molecule has 4 nitrogen and oxygen atoms in total. The molecule has 0 bridgehead atoms. The van der Waals surface area contributed by atoms with Gasteiger partial charge in [0.25, 0.3) is 0 Å². The van der Waals surface area contributed by atoms with Crippen LogP contribution in [-0.4, -0.2) is 17.0 Å². The SMILES string of the molecule is O=C(CC1(C(=O)O)CCCC1)NCc1ccccc1. The summed E-state index contributed by atoms with van der Waals surface area (Å²) in [6.45, 7) is 0.454. The number of carboxylic acid groups (broad SMARTS) is 1. The summed E-state index contributed by atoms with van der Waals surface area (Å²) >= 11 is 0. The molecule has 1 aromatic rings. The first-order valence-electron chi connectivity index (χ1n) is 6.66. The lowest BCUT2D eigenvalue weighted by Crippen LogP contribution is -2.35. The average molecular weight is 261 g/mol. The fourth-order valence-electron chi connectivity index (χ4n) is 2.68. The largest absolute Gasteiger partial charge is 0.481 e. The molecule has 0 saturated heterocycles. The van der Waals surface area contributed by atoms with Gasteiger partial charge in [-0.05, 0) is 18.4 Å². The van der Waals surface area contributed by atoms with E-state index < -0.39 is 11.4 Å². The maximum atomic E-state index is 11.9. The van der Waals surface area contributed by atoms with Crippen LogP contribution in [0, 0.1) is 5.41 Å². The van der Waals surface area contributed by atoms with E-state index in [1.54, 1.807) is 0 Å². The number of rotatable bonds is 5. The zero-order chi connectivity index (χ0) is 13.7. The highest BCUT2D eigenvalue weighted by Gasteiger charge is 2.42. The molecular formula is C15H19NO3. The minimum absolute atomic E-state index is 0.0924. The van der Waals surface area contributed by atoms with Crippen molar-refractivity contribution in [1.82, 2.24) is 5.32 Å². The van der Waals surface area contributed by atoms with E-state index in [9.17, 15) is 14.7 Å². The first-order valence-corrected chi connectivity index (χ1v) is 6.66. The van der Waals surface area contributed by atoms with Crippen molar-refractivity contribution >= 4 is 11.9 Å². The molecule has 1 amide bonds. The Kier molecular flexibility index (Phi) is 4.20. The van der Waals surface area contributed by atoms with Crippen LogP contribution in [0.3, 0.4) is 0 Å². The van der Waals surface area contributed by atoms with Gasteiger partial charge in [0.2, 0.25) is 5.91 Å². The number of amides is 1. The minimum atomic E-state index is -0.833. The van der Waals surface area contributed by atoms with Gasteiger partial charge in [0, 0.05) is 13.0 Å². The van der Waals surface area contributed by atoms with E-state index in [4.69, 9.17) is 0 Å². The number of hydrogen-bond acceptors (Lipinski definition) is 2. The highest BCUT2D eigenvalue weighted by Crippen LogP contribution is 2.41. The van der Waals surface area contributed by atoms with Crippen LogP contribution in [0.25, 0.3) is 0 Å². The van der Waals surface area contributed by atoms with E-state index in [-0.39, 0.29) is 12.3 Å². The minimum Gasteiger partial charge on any atom is -0.481 e. The zero-order valence-corrected chi connectivity index (χ0v) is 10.9. The summed E-state index contributed by atoms with van der Waals surface area (Å²) in [5.74, 6) is -1.01. The molecule has 102 valence electrons. The Balaban J connectivity index is 1.88. The lowest BCUT2D eigenvalue weighted by Gasteiger charge is -2.22. The molecule has 1 fully saturated rings. The van der Waals surface area contributed by atoms with Crippen LogP contribution >= 0.6 is 0 Å². The van der Waals surface area contributed by atoms with Gasteiger partial charge in [-0.3, -0.25) is 9.59 Å². The highest BCUT2D eigenvalue weighted by atomic mass is 16.4. The monoisotopic (exact) mass is 261 g/mol. The van der Waals surface area contributed by atoms with Crippen LogP contribution in [-0.2, 0) is 16.1 Å². The van der Waals surface area contributed by atoms with E-state index >= 15 is 0 Å². The molecule has 0 heterocycles. The Hall–Kier alpha value is -1.84. The second-order valence-electron chi connectivity index (χ2n) is 5.23. The normalized spacial score (nSPS) is 17.1. The molecular weight excluding hydrogens is 242 g/mol. The molecule has 0 aliphatic heterocycles. The van der Waals surface area contributed by atoms with Crippen LogP contribution in [0.2, 0.25) is 0 Å². The molecule has 4 heteroatoms. The Bertz CT molecular complexity index is 450. The van der Waals surface area contributed by atoms with E-state index in [0.29, 0.717) is 19.4 Å². The van der Waals surface area contributed by atoms with Gasteiger partial charge in [0.05, 0.1) is 5.41 Å². The van der Waals surface area contributed by atoms with Gasteiger partial charge in [-0.2, -0.15) is 0 Å². The molecule has 1 saturated carbocycles. The van der Waals surface area contributed by atoms with Gasteiger partial charge in [-0.1, -0.05) is 43.2 Å². The molecule has 2 rings (SSSR count). The van der Waals surface area contributed by atoms with Gasteiger partial charge >= 0.3 is 5.97 Å². The number of aliphatic carboxylic acids is 1. The predicted octanol–water partition coefficient (Wildman–Crippen LogP) is 2.34. The van der Waals surface area contributed by atoms with Crippen molar-refractivity contribution in [2.24, 2.45) is 5.41 Å². The van der Waals surface area contributed by atoms with Crippen molar-refractivity contribution in [3.05, 3.63) is 35.9 Å². The van der Waals surface area contributed by atoms with E-state index in [1.165, 1.54) is 0 Å². The predicted molar refractivity (Wildman–Crippen MR) is 71.4 cm³/mol. The van der Waals surface area contributed by atoms with E-state index in [0.717, 1.165) is 18.4 Å². The Morgan fingerprint density at radius 3 is 2.37 bits per heavy atom. The fraction of sp³-hybridized carbons (Fsp3) is 0.467. The topological polar surface area (TPSA) is 66.4 Å². The maximum Gasteiger partial charge on any atom is 0.310 e. The maximum absolute atomic E-state index is 11.9. The fourth-order valence-corrected chi connectivity index (χ4v) is 2.68. The molecule has 1 aromatic carbocycles. The molecule has 0 aromatic heterocycles. The van der Waals surface area contributed by atoms with Gasteiger partial charge in [0.1, 0.15) is 0 Å². The standard InChI is InChI=1S/C15H19NO3/c17-13(16-11-12-6-2-1-3-7-12)10-15(14(18)19)8-4-5-9-15/h1-3,6-7H,4-5,8-11H2,(H,16,17)(H,18,19). The molecule has 0 unspecified atom stereocenters.